The zero-order chi connectivity index (χ0) is 16.2. The molecule has 2 aromatic rings. The third kappa shape index (κ3) is 3.49. The highest BCUT2D eigenvalue weighted by Gasteiger charge is 2.22. The van der Waals surface area contributed by atoms with Crippen LogP contribution in [0.4, 0.5) is 4.79 Å². The number of aromatic nitrogens is 1. The van der Waals surface area contributed by atoms with Crippen molar-refractivity contribution in [3.63, 3.8) is 0 Å². The molecule has 0 aliphatic heterocycles. The summed E-state index contributed by atoms with van der Waals surface area (Å²) in [7, 11) is 0. The van der Waals surface area contributed by atoms with Crippen LogP contribution in [-0.4, -0.2) is 17.1 Å². The summed E-state index contributed by atoms with van der Waals surface area (Å²) in [6, 6.07) is 6.58. The minimum atomic E-state index is -0.629. The fourth-order valence-corrected chi connectivity index (χ4v) is 3.60. The smallest absolute Gasteiger partial charge is 0.407 e. The van der Waals surface area contributed by atoms with Crippen LogP contribution in [0.1, 0.15) is 45.4 Å². The maximum Gasteiger partial charge on any atom is 0.428 e. The lowest BCUT2D eigenvalue weighted by Crippen LogP contribution is -2.37. The van der Waals surface area contributed by atoms with E-state index in [2.05, 4.69) is 12.2 Å². The molecule has 0 unspecified atom stereocenters. The molecule has 1 aliphatic carbocycles. The Morgan fingerprint density at radius 3 is 2.65 bits per heavy atom. The summed E-state index contributed by atoms with van der Waals surface area (Å²) >= 11 is 0. The van der Waals surface area contributed by atoms with Crippen molar-refractivity contribution < 1.29 is 9.21 Å². The summed E-state index contributed by atoms with van der Waals surface area (Å²) < 4.78 is 6.18. The van der Waals surface area contributed by atoms with Gasteiger partial charge in [-0.25, -0.2) is 9.59 Å². The molecule has 1 aromatic heterocycles. The Morgan fingerprint density at radius 1 is 1.22 bits per heavy atom. The number of oxazole rings is 1. The number of rotatable bonds is 4. The molecule has 1 saturated carbocycles. The van der Waals surface area contributed by atoms with Gasteiger partial charge in [-0.1, -0.05) is 44.7 Å². The fourth-order valence-electron chi connectivity index (χ4n) is 3.60. The third-order valence-corrected chi connectivity index (χ3v) is 4.89. The molecule has 0 radical (unpaired) electrons. The fraction of sp³-hybridized carbons (Fsp3) is 0.556. The summed E-state index contributed by atoms with van der Waals surface area (Å²) in [5.41, 5.74) is 0.953. The van der Waals surface area contributed by atoms with Crippen LogP contribution in [0, 0.1) is 11.8 Å². The molecule has 1 aliphatic rings. The van der Waals surface area contributed by atoms with Crippen LogP contribution < -0.4 is 11.1 Å². The first-order chi connectivity index (χ1) is 11.2. The highest BCUT2D eigenvalue weighted by atomic mass is 16.4. The minimum Gasteiger partial charge on any atom is -0.407 e. The van der Waals surface area contributed by atoms with Crippen molar-refractivity contribution in [3.8, 4) is 0 Å². The van der Waals surface area contributed by atoms with E-state index in [9.17, 15) is 9.59 Å². The molecule has 1 amide bonds. The topological polar surface area (TPSA) is 64.2 Å². The molecule has 3 rings (SSSR count). The van der Waals surface area contributed by atoms with Crippen LogP contribution in [0.3, 0.4) is 0 Å². The molecule has 5 heteroatoms. The van der Waals surface area contributed by atoms with Gasteiger partial charge in [0.1, 0.15) is 0 Å². The highest BCUT2D eigenvalue weighted by Crippen LogP contribution is 2.31. The zero-order valence-electron chi connectivity index (χ0n) is 13.6. The van der Waals surface area contributed by atoms with Gasteiger partial charge in [0.15, 0.2) is 5.58 Å². The number of amides is 1. The second-order valence-electron chi connectivity index (χ2n) is 6.53. The van der Waals surface area contributed by atoms with Crippen LogP contribution in [0.2, 0.25) is 0 Å². The van der Waals surface area contributed by atoms with Crippen molar-refractivity contribution in [2.75, 3.05) is 6.54 Å². The Hall–Kier alpha value is -2.04. The zero-order valence-corrected chi connectivity index (χ0v) is 13.6. The first kappa shape index (κ1) is 15.8. The quantitative estimate of drug-likeness (QED) is 0.934. The first-order valence-corrected chi connectivity index (χ1v) is 8.57. The maximum absolute atomic E-state index is 12.3. The van der Waals surface area contributed by atoms with E-state index in [-0.39, 0.29) is 0 Å². The molecule has 1 heterocycles. The van der Waals surface area contributed by atoms with Gasteiger partial charge >= 0.3 is 11.8 Å². The molecule has 23 heavy (non-hydrogen) atoms. The Labute approximate surface area is 135 Å². The summed E-state index contributed by atoms with van der Waals surface area (Å²) in [4.78, 5) is 24.2. The van der Waals surface area contributed by atoms with E-state index in [0.717, 1.165) is 23.3 Å². The van der Waals surface area contributed by atoms with Gasteiger partial charge in [0.2, 0.25) is 0 Å². The summed E-state index contributed by atoms with van der Waals surface area (Å²) in [5, 5.41) is 2.90. The molecule has 0 saturated heterocycles. The van der Waals surface area contributed by atoms with E-state index >= 15 is 0 Å². The number of benzene rings is 1. The lowest BCUT2D eigenvalue weighted by atomic mass is 9.80. The van der Waals surface area contributed by atoms with Crippen molar-refractivity contribution in [1.29, 1.82) is 0 Å². The largest absolute Gasteiger partial charge is 0.428 e. The SMILES string of the molecule is CCCC1CCC(CNC(=O)n2c(=O)oc3ccccc32)CC1. The predicted molar refractivity (Wildman–Crippen MR) is 89.6 cm³/mol. The van der Waals surface area contributed by atoms with E-state index in [1.54, 1.807) is 24.3 Å². The van der Waals surface area contributed by atoms with Gasteiger partial charge in [0.25, 0.3) is 0 Å². The van der Waals surface area contributed by atoms with Crippen LogP contribution in [0.5, 0.6) is 0 Å². The predicted octanol–water partition coefficient (Wildman–Crippen LogP) is 3.76. The van der Waals surface area contributed by atoms with Gasteiger partial charge in [-0.15, -0.1) is 0 Å². The number of hydrogen-bond donors (Lipinski definition) is 1. The average molecular weight is 316 g/mol. The number of carbonyl (C=O) groups excluding carboxylic acids is 1. The number of nitrogens with zero attached hydrogens (tertiary/aromatic N) is 1. The first-order valence-electron chi connectivity index (χ1n) is 8.57. The van der Waals surface area contributed by atoms with E-state index < -0.39 is 11.8 Å². The standard InChI is InChI=1S/C18H24N2O3/c1-2-5-13-8-10-14(11-9-13)12-19-17(21)20-15-6-3-4-7-16(15)23-18(20)22/h3-4,6-7,13-14H,2,5,8-12H2,1H3,(H,19,21). The van der Waals surface area contributed by atoms with E-state index in [0.29, 0.717) is 23.6 Å². The van der Waals surface area contributed by atoms with Crippen LogP contribution in [0.25, 0.3) is 11.1 Å². The van der Waals surface area contributed by atoms with Crippen LogP contribution in [-0.2, 0) is 0 Å². The van der Waals surface area contributed by atoms with Gasteiger partial charge in [-0.2, -0.15) is 4.57 Å². The number of hydrogen-bond acceptors (Lipinski definition) is 3. The number of nitrogens with one attached hydrogen (secondary N) is 1. The molecule has 1 fully saturated rings. The van der Waals surface area contributed by atoms with E-state index in [1.807, 2.05) is 0 Å². The Kier molecular flexibility index (Phi) is 4.84. The van der Waals surface area contributed by atoms with Crippen LogP contribution >= 0.6 is 0 Å². The number of para-hydroxylation sites is 2. The number of fused-ring (bicyclic) bond motifs is 1. The van der Waals surface area contributed by atoms with Gasteiger partial charge < -0.3 is 9.73 Å². The Balaban J connectivity index is 1.59. The monoisotopic (exact) mass is 316 g/mol. The van der Waals surface area contributed by atoms with E-state index in [4.69, 9.17) is 4.42 Å². The van der Waals surface area contributed by atoms with Gasteiger partial charge in [0, 0.05) is 6.54 Å². The van der Waals surface area contributed by atoms with Crippen molar-refractivity contribution in [2.45, 2.75) is 45.4 Å². The average Bonchev–Trinajstić information content (AvgIpc) is 2.90. The lowest BCUT2D eigenvalue weighted by molar-refractivity contribution is 0.229. The molecular formula is C18H24N2O3. The van der Waals surface area contributed by atoms with Crippen molar-refractivity contribution in [1.82, 2.24) is 9.88 Å². The second-order valence-corrected chi connectivity index (χ2v) is 6.53. The van der Waals surface area contributed by atoms with Crippen molar-refractivity contribution >= 4 is 17.1 Å². The van der Waals surface area contributed by atoms with Crippen molar-refractivity contribution in [3.05, 3.63) is 34.8 Å². The highest BCUT2D eigenvalue weighted by molar-refractivity contribution is 5.87. The van der Waals surface area contributed by atoms with E-state index in [1.165, 1.54) is 25.7 Å². The summed E-state index contributed by atoms with van der Waals surface area (Å²) in [5.74, 6) is 0.740. The molecule has 0 spiro atoms. The molecule has 0 bridgehead atoms. The molecule has 5 nitrogen and oxygen atoms in total. The Morgan fingerprint density at radius 2 is 1.91 bits per heavy atom. The maximum atomic E-state index is 12.3. The summed E-state index contributed by atoms with van der Waals surface area (Å²) in [6.07, 6.45) is 7.39. The molecule has 124 valence electrons. The third-order valence-electron chi connectivity index (χ3n) is 4.89. The molecule has 1 N–H and O–H groups in total. The summed E-state index contributed by atoms with van der Waals surface area (Å²) in [6.45, 7) is 2.86. The minimum absolute atomic E-state index is 0.393. The van der Waals surface area contributed by atoms with Gasteiger partial charge in [0.05, 0.1) is 5.52 Å². The molecule has 0 atom stereocenters. The Bertz CT molecular complexity index is 723. The van der Waals surface area contributed by atoms with Crippen LogP contribution in [0.15, 0.2) is 33.5 Å². The second kappa shape index (κ2) is 7.02. The molecule has 1 aromatic carbocycles. The van der Waals surface area contributed by atoms with Gasteiger partial charge in [-0.3, -0.25) is 0 Å². The van der Waals surface area contributed by atoms with Crippen molar-refractivity contribution in [2.24, 2.45) is 11.8 Å². The van der Waals surface area contributed by atoms with Gasteiger partial charge in [-0.05, 0) is 36.8 Å². The number of carbonyl (C=O) groups is 1. The molecular weight excluding hydrogens is 292 g/mol. The lowest BCUT2D eigenvalue weighted by Gasteiger charge is -2.28. The normalized spacial score (nSPS) is 21.4.